The van der Waals surface area contributed by atoms with Gasteiger partial charge in [0, 0.05) is 18.8 Å². The van der Waals surface area contributed by atoms with E-state index in [1.54, 1.807) is 6.20 Å². The Morgan fingerprint density at radius 3 is 2.78 bits per heavy atom. The zero-order chi connectivity index (χ0) is 12.8. The van der Waals surface area contributed by atoms with Crippen molar-refractivity contribution in [2.75, 3.05) is 0 Å². The maximum atomic E-state index is 8.78. The van der Waals surface area contributed by atoms with Crippen LogP contribution in [0.3, 0.4) is 0 Å². The summed E-state index contributed by atoms with van der Waals surface area (Å²) in [6.07, 6.45) is 1.67. The summed E-state index contributed by atoms with van der Waals surface area (Å²) in [5, 5.41) is 12.2. The van der Waals surface area contributed by atoms with E-state index >= 15 is 0 Å². The lowest BCUT2D eigenvalue weighted by molar-refractivity contribution is 0.574. The molecule has 18 heavy (non-hydrogen) atoms. The number of rotatable bonds is 4. The maximum Gasteiger partial charge on any atom is 0.140 e. The average molecular weight is 237 g/mol. The second-order valence-corrected chi connectivity index (χ2v) is 4.17. The van der Waals surface area contributed by atoms with Gasteiger partial charge in [-0.2, -0.15) is 5.26 Å². The molecule has 0 fully saturated rings. The van der Waals surface area contributed by atoms with Crippen LogP contribution in [0.15, 0.2) is 48.7 Å². The van der Waals surface area contributed by atoms with Gasteiger partial charge in [0.15, 0.2) is 0 Å². The van der Waals surface area contributed by atoms with Crippen molar-refractivity contribution in [2.24, 2.45) is 0 Å². The molecule has 3 heteroatoms. The van der Waals surface area contributed by atoms with Gasteiger partial charge in [0.25, 0.3) is 0 Å². The van der Waals surface area contributed by atoms with E-state index in [9.17, 15) is 0 Å². The largest absolute Gasteiger partial charge is 0.306 e. The Labute approximate surface area is 107 Å². The summed E-state index contributed by atoms with van der Waals surface area (Å²) in [6.45, 7) is 2.86. The highest BCUT2D eigenvalue weighted by Crippen LogP contribution is 2.12. The van der Waals surface area contributed by atoms with Crippen LogP contribution in [0, 0.1) is 11.3 Å². The van der Waals surface area contributed by atoms with Gasteiger partial charge in [-0.05, 0) is 30.2 Å². The van der Waals surface area contributed by atoms with E-state index in [4.69, 9.17) is 5.26 Å². The Hall–Kier alpha value is -2.18. The van der Waals surface area contributed by atoms with Crippen molar-refractivity contribution in [1.82, 2.24) is 10.3 Å². The van der Waals surface area contributed by atoms with Crippen molar-refractivity contribution in [2.45, 2.75) is 19.5 Å². The number of aromatic nitrogens is 1. The fourth-order valence-corrected chi connectivity index (χ4v) is 1.78. The fraction of sp³-hybridized carbons (Fsp3) is 0.200. The lowest BCUT2D eigenvalue weighted by Gasteiger charge is -2.14. The first-order chi connectivity index (χ1) is 8.79. The van der Waals surface area contributed by atoms with Crippen molar-refractivity contribution >= 4 is 0 Å². The highest BCUT2D eigenvalue weighted by atomic mass is 14.9. The number of nitriles is 1. The molecule has 0 radical (unpaired) electrons. The molecule has 0 aliphatic heterocycles. The molecule has 0 bridgehead atoms. The van der Waals surface area contributed by atoms with Crippen LogP contribution in [0.4, 0.5) is 0 Å². The Morgan fingerprint density at radius 1 is 1.28 bits per heavy atom. The van der Waals surface area contributed by atoms with Crippen molar-refractivity contribution < 1.29 is 0 Å². The molecule has 1 heterocycles. The summed E-state index contributed by atoms with van der Waals surface area (Å²) < 4.78 is 0. The average Bonchev–Trinajstić information content (AvgIpc) is 2.46. The molecule has 1 atom stereocenters. The molecule has 0 saturated carbocycles. The minimum absolute atomic E-state index is 0.282. The first kappa shape index (κ1) is 12.3. The summed E-state index contributed by atoms with van der Waals surface area (Å²) in [5.74, 6) is 0. The van der Waals surface area contributed by atoms with Gasteiger partial charge >= 0.3 is 0 Å². The number of pyridine rings is 1. The van der Waals surface area contributed by atoms with E-state index < -0.39 is 0 Å². The maximum absolute atomic E-state index is 8.78. The molecule has 2 rings (SSSR count). The Morgan fingerprint density at radius 2 is 2.06 bits per heavy atom. The number of nitrogens with one attached hydrogen (secondary N) is 1. The van der Waals surface area contributed by atoms with Gasteiger partial charge < -0.3 is 5.32 Å². The number of nitrogens with zero attached hydrogens (tertiary/aromatic N) is 2. The molecular weight excluding hydrogens is 222 g/mol. The third-order valence-electron chi connectivity index (χ3n) is 2.85. The smallest absolute Gasteiger partial charge is 0.140 e. The van der Waals surface area contributed by atoms with Gasteiger partial charge in [-0.1, -0.05) is 30.3 Å². The molecule has 0 aliphatic rings. The van der Waals surface area contributed by atoms with Crippen LogP contribution in [-0.4, -0.2) is 4.98 Å². The van der Waals surface area contributed by atoms with E-state index in [1.165, 1.54) is 5.56 Å². The van der Waals surface area contributed by atoms with Gasteiger partial charge in [0.2, 0.25) is 0 Å². The van der Waals surface area contributed by atoms with Crippen molar-refractivity contribution in [1.29, 1.82) is 5.26 Å². The Bertz CT molecular complexity index is 543. The summed E-state index contributed by atoms with van der Waals surface area (Å²) in [4.78, 5) is 3.95. The molecule has 1 aromatic heterocycles. The highest BCUT2D eigenvalue weighted by Gasteiger charge is 2.04. The molecule has 0 spiro atoms. The van der Waals surface area contributed by atoms with E-state index in [0.29, 0.717) is 5.69 Å². The van der Waals surface area contributed by atoms with E-state index in [2.05, 4.69) is 29.4 Å². The zero-order valence-corrected chi connectivity index (χ0v) is 10.3. The minimum atomic E-state index is 0.282. The summed E-state index contributed by atoms with van der Waals surface area (Å²) >= 11 is 0. The summed E-state index contributed by atoms with van der Waals surface area (Å²) in [5.41, 5.74) is 2.79. The quantitative estimate of drug-likeness (QED) is 0.889. The normalized spacial score (nSPS) is 11.8. The molecule has 1 aromatic carbocycles. The second-order valence-electron chi connectivity index (χ2n) is 4.17. The zero-order valence-electron chi connectivity index (χ0n) is 10.3. The van der Waals surface area contributed by atoms with E-state index in [1.807, 2.05) is 36.4 Å². The Kier molecular flexibility index (Phi) is 4.06. The van der Waals surface area contributed by atoms with Crippen LogP contribution in [-0.2, 0) is 6.54 Å². The first-order valence-corrected chi connectivity index (χ1v) is 5.93. The predicted molar refractivity (Wildman–Crippen MR) is 70.6 cm³/mol. The van der Waals surface area contributed by atoms with Crippen LogP contribution in [0.1, 0.15) is 29.8 Å². The van der Waals surface area contributed by atoms with Crippen molar-refractivity contribution in [3.05, 3.63) is 65.5 Å². The fourth-order valence-electron chi connectivity index (χ4n) is 1.78. The molecule has 90 valence electrons. The SMILES string of the molecule is C[C@@H](NCc1ccnc(C#N)c1)c1ccccc1. The monoisotopic (exact) mass is 237 g/mol. The summed E-state index contributed by atoms with van der Waals surface area (Å²) in [7, 11) is 0. The topological polar surface area (TPSA) is 48.7 Å². The number of hydrogen-bond donors (Lipinski definition) is 1. The van der Waals surface area contributed by atoms with Gasteiger partial charge in [-0.15, -0.1) is 0 Å². The van der Waals surface area contributed by atoms with Crippen molar-refractivity contribution in [3.8, 4) is 6.07 Å². The van der Waals surface area contributed by atoms with Crippen LogP contribution >= 0.6 is 0 Å². The van der Waals surface area contributed by atoms with Crippen molar-refractivity contribution in [3.63, 3.8) is 0 Å². The molecule has 0 unspecified atom stereocenters. The van der Waals surface area contributed by atoms with E-state index in [-0.39, 0.29) is 6.04 Å². The molecule has 0 amide bonds. The first-order valence-electron chi connectivity index (χ1n) is 5.93. The minimum Gasteiger partial charge on any atom is -0.306 e. The molecule has 1 N–H and O–H groups in total. The second kappa shape index (κ2) is 5.95. The third kappa shape index (κ3) is 3.16. The Balaban J connectivity index is 1.97. The van der Waals surface area contributed by atoms with E-state index in [0.717, 1.165) is 12.1 Å². The standard InChI is InChI=1S/C15H15N3/c1-12(14-5-3-2-4-6-14)18-11-13-7-8-17-15(9-13)10-16/h2-9,12,18H,11H2,1H3/t12-/m1/s1. The molecule has 2 aromatic rings. The number of benzene rings is 1. The highest BCUT2D eigenvalue weighted by molar-refractivity contribution is 5.25. The van der Waals surface area contributed by atoms with Gasteiger partial charge in [-0.3, -0.25) is 0 Å². The lowest BCUT2D eigenvalue weighted by atomic mass is 10.1. The van der Waals surface area contributed by atoms with Crippen LogP contribution < -0.4 is 5.32 Å². The van der Waals surface area contributed by atoms with Gasteiger partial charge in [0.05, 0.1) is 0 Å². The predicted octanol–water partition coefficient (Wildman–Crippen LogP) is 2.80. The van der Waals surface area contributed by atoms with Gasteiger partial charge in [-0.25, -0.2) is 4.98 Å². The van der Waals surface area contributed by atoms with Crippen LogP contribution in [0.5, 0.6) is 0 Å². The van der Waals surface area contributed by atoms with Gasteiger partial charge in [0.1, 0.15) is 11.8 Å². The molecule has 0 saturated heterocycles. The molecule has 0 aliphatic carbocycles. The van der Waals surface area contributed by atoms with Crippen LogP contribution in [0.25, 0.3) is 0 Å². The van der Waals surface area contributed by atoms with Crippen LogP contribution in [0.2, 0.25) is 0 Å². The number of hydrogen-bond acceptors (Lipinski definition) is 3. The molecule has 3 nitrogen and oxygen atoms in total. The lowest BCUT2D eigenvalue weighted by Crippen LogP contribution is -2.18. The third-order valence-corrected chi connectivity index (χ3v) is 2.85. The summed E-state index contributed by atoms with van der Waals surface area (Å²) in [6, 6.07) is 16.3. The molecular formula is C15H15N3.